The Balaban J connectivity index is 1.70. The van der Waals surface area contributed by atoms with Gasteiger partial charge in [-0.3, -0.25) is 9.59 Å². The van der Waals surface area contributed by atoms with Crippen molar-refractivity contribution in [3.8, 4) is 0 Å². The van der Waals surface area contributed by atoms with Crippen LogP contribution in [0.4, 0.5) is 11.6 Å². The summed E-state index contributed by atoms with van der Waals surface area (Å²) in [7, 11) is 6.92. The van der Waals surface area contributed by atoms with Gasteiger partial charge >= 0.3 is 5.97 Å². The number of hydrogen-bond acceptors (Lipinski definition) is 7. The van der Waals surface area contributed by atoms with E-state index in [9.17, 15) is 14.4 Å². The number of carbonyl (C=O) groups excluding carboxylic acids is 3. The topological polar surface area (TPSA) is 104 Å². The fraction of sp³-hybridized carbons (Fsp3) is 0.222. The van der Waals surface area contributed by atoms with Gasteiger partial charge in [-0.2, -0.15) is 0 Å². The Labute approximate surface area is 209 Å². The van der Waals surface area contributed by atoms with E-state index < -0.39 is 5.97 Å². The monoisotopic (exact) mass is 488 g/mol. The van der Waals surface area contributed by atoms with Gasteiger partial charge in [-0.25, -0.2) is 4.79 Å². The van der Waals surface area contributed by atoms with Crippen LogP contribution in [0.1, 0.15) is 32.0 Å². The van der Waals surface area contributed by atoms with Gasteiger partial charge in [-0.05, 0) is 37.9 Å². The Bertz CT molecular complexity index is 1330. The molecule has 2 amide bonds. The number of amides is 2. The van der Waals surface area contributed by atoms with Crippen LogP contribution in [0.3, 0.4) is 0 Å². The minimum atomic E-state index is -0.491. The second-order valence-corrected chi connectivity index (χ2v) is 8.64. The van der Waals surface area contributed by atoms with E-state index in [1.54, 1.807) is 42.3 Å². The van der Waals surface area contributed by atoms with Crippen molar-refractivity contribution in [2.75, 3.05) is 52.0 Å². The maximum Gasteiger partial charge on any atom is 0.337 e. The Morgan fingerprint density at radius 1 is 0.972 bits per heavy atom. The number of nitrogens with zero attached hydrogens (tertiary/aromatic N) is 2. The summed E-state index contributed by atoms with van der Waals surface area (Å²) in [6.07, 6.45) is 0. The van der Waals surface area contributed by atoms with Crippen LogP contribution in [0, 0.1) is 0 Å². The van der Waals surface area contributed by atoms with E-state index >= 15 is 0 Å². The van der Waals surface area contributed by atoms with Gasteiger partial charge in [0.15, 0.2) is 11.6 Å². The fourth-order valence-electron chi connectivity index (χ4n) is 3.83. The molecule has 4 rings (SSSR count). The summed E-state index contributed by atoms with van der Waals surface area (Å²) in [4.78, 5) is 41.4. The van der Waals surface area contributed by atoms with Gasteiger partial charge in [0, 0.05) is 31.8 Å². The highest BCUT2D eigenvalue weighted by atomic mass is 16.5. The predicted molar refractivity (Wildman–Crippen MR) is 138 cm³/mol. The molecule has 0 fully saturated rings. The highest BCUT2D eigenvalue weighted by Gasteiger charge is 2.30. The molecule has 2 heterocycles. The van der Waals surface area contributed by atoms with Crippen molar-refractivity contribution in [1.82, 2.24) is 9.80 Å². The Hall–Kier alpha value is -4.37. The molecule has 0 aliphatic carbocycles. The molecular weight excluding hydrogens is 460 g/mol. The van der Waals surface area contributed by atoms with Crippen molar-refractivity contribution in [3.05, 3.63) is 83.1 Å². The number of methoxy groups -OCH3 is 1. The number of anilines is 2. The fourth-order valence-corrected chi connectivity index (χ4v) is 3.83. The smallest absolute Gasteiger partial charge is 0.337 e. The zero-order valence-electron chi connectivity index (χ0n) is 20.6. The van der Waals surface area contributed by atoms with Gasteiger partial charge < -0.3 is 29.6 Å². The SMILES string of the molecule is COC(=O)c1ccc2c(c1)NC(=O)/C2=C(/Nc1ccc(C(=O)N(C)CCN(C)C)o1)c1ccccc1. The highest BCUT2D eigenvalue weighted by Crippen LogP contribution is 2.38. The lowest BCUT2D eigenvalue weighted by Gasteiger charge is -2.18. The first-order valence-electron chi connectivity index (χ1n) is 11.4. The van der Waals surface area contributed by atoms with Crippen LogP contribution in [-0.4, -0.2) is 68.9 Å². The summed E-state index contributed by atoms with van der Waals surface area (Å²) in [6.45, 7) is 1.28. The summed E-state index contributed by atoms with van der Waals surface area (Å²) < 4.78 is 10.6. The maximum absolute atomic E-state index is 13.1. The molecule has 0 saturated heterocycles. The number of benzene rings is 2. The Kier molecular flexibility index (Phi) is 7.21. The van der Waals surface area contributed by atoms with Gasteiger partial charge in [0.25, 0.3) is 11.8 Å². The number of likely N-dealkylation sites (N-methyl/N-ethyl adjacent to an activating group) is 2. The Morgan fingerprint density at radius 3 is 2.42 bits per heavy atom. The number of hydrogen-bond donors (Lipinski definition) is 2. The molecule has 0 atom stereocenters. The lowest BCUT2D eigenvalue weighted by molar-refractivity contribution is -0.110. The molecule has 0 unspecified atom stereocenters. The van der Waals surface area contributed by atoms with Crippen molar-refractivity contribution in [2.24, 2.45) is 0 Å². The number of esters is 1. The van der Waals surface area contributed by atoms with Crippen molar-refractivity contribution in [1.29, 1.82) is 0 Å². The molecular formula is C27H28N4O5. The summed E-state index contributed by atoms with van der Waals surface area (Å²) in [5.41, 5.74) is 3.11. The molecule has 1 aliphatic rings. The molecule has 1 aromatic heterocycles. The first kappa shape index (κ1) is 24.7. The third kappa shape index (κ3) is 5.16. The van der Waals surface area contributed by atoms with Gasteiger partial charge in [-0.1, -0.05) is 36.4 Å². The molecule has 0 saturated carbocycles. The third-order valence-corrected chi connectivity index (χ3v) is 5.79. The number of fused-ring (bicyclic) bond motifs is 1. The lowest BCUT2D eigenvalue weighted by Crippen LogP contribution is -2.33. The number of nitrogens with one attached hydrogen (secondary N) is 2. The van der Waals surface area contributed by atoms with Crippen molar-refractivity contribution >= 4 is 40.6 Å². The van der Waals surface area contributed by atoms with Crippen LogP contribution >= 0.6 is 0 Å². The van der Waals surface area contributed by atoms with Crippen LogP contribution in [0.15, 0.2) is 65.1 Å². The molecule has 1 aliphatic heterocycles. The summed E-state index contributed by atoms with van der Waals surface area (Å²) in [6, 6.07) is 17.5. The minimum Gasteiger partial charge on any atom is -0.465 e. The highest BCUT2D eigenvalue weighted by molar-refractivity contribution is 6.37. The second-order valence-electron chi connectivity index (χ2n) is 8.64. The minimum absolute atomic E-state index is 0.190. The Morgan fingerprint density at radius 2 is 1.72 bits per heavy atom. The number of rotatable bonds is 8. The molecule has 0 bridgehead atoms. The molecule has 36 heavy (non-hydrogen) atoms. The second kappa shape index (κ2) is 10.5. The average molecular weight is 489 g/mol. The van der Waals surface area contributed by atoms with Crippen LogP contribution in [0.25, 0.3) is 11.3 Å². The van der Waals surface area contributed by atoms with E-state index in [0.717, 1.165) is 12.1 Å². The van der Waals surface area contributed by atoms with Gasteiger partial charge in [0.2, 0.25) is 0 Å². The third-order valence-electron chi connectivity index (χ3n) is 5.79. The van der Waals surface area contributed by atoms with E-state index in [2.05, 4.69) is 10.6 Å². The molecule has 2 N–H and O–H groups in total. The summed E-state index contributed by atoms with van der Waals surface area (Å²) in [5, 5.41) is 6.03. The zero-order chi connectivity index (χ0) is 25.8. The molecule has 2 aromatic carbocycles. The lowest BCUT2D eigenvalue weighted by atomic mass is 9.99. The first-order valence-corrected chi connectivity index (χ1v) is 11.4. The molecule has 186 valence electrons. The van der Waals surface area contributed by atoms with Crippen LogP contribution < -0.4 is 10.6 Å². The van der Waals surface area contributed by atoms with E-state index in [4.69, 9.17) is 9.15 Å². The van der Waals surface area contributed by atoms with Gasteiger partial charge in [0.1, 0.15) is 0 Å². The van der Waals surface area contributed by atoms with Crippen LogP contribution in [0.5, 0.6) is 0 Å². The van der Waals surface area contributed by atoms with Crippen LogP contribution in [0.2, 0.25) is 0 Å². The van der Waals surface area contributed by atoms with E-state index in [-0.39, 0.29) is 17.6 Å². The van der Waals surface area contributed by atoms with E-state index in [1.807, 2.05) is 49.3 Å². The normalized spacial score (nSPS) is 13.8. The molecule has 3 aromatic rings. The standard InChI is InChI=1S/C27H28N4O5/c1-30(2)14-15-31(3)26(33)21-12-13-22(36-21)29-24(17-8-6-5-7-9-17)23-19-11-10-18(27(34)35-4)16-20(19)28-25(23)32/h5-13,16,29H,14-15H2,1-4H3,(H,28,32)/b24-23+. The molecule has 9 nitrogen and oxygen atoms in total. The molecule has 9 heteroatoms. The van der Waals surface area contributed by atoms with Crippen molar-refractivity contribution < 1.29 is 23.5 Å². The number of carbonyl (C=O) groups is 3. The van der Waals surface area contributed by atoms with E-state index in [1.165, 1.54) is 7.11 Å². The summed E-state index contributed by atoms with van der Waals surface area (Å²) >= 11 is 0. The number of furan rings is 1. The quantitative estimate of drug-likeness (QED) is 0.369. The molecule has 0 radical (unpaired) electrons. The first-order chi connectivity index (χ1) is 17.3. The maximum atomic E-state index is 13.1. The predicted octanol–water partition coefficient (Wildman–Crippen LogP) is 3.63. The van der Waals surface area contributed by atoms with Crippen molar-refractivity contribution in [3.63, 3.8) is 0 Å². The van der Waals surface area contributed by atoms with Crippen LogP contribution in [-0.2, 0) is 9.53 Å². The van der Waals surface area contributed by atoms with Gasteiger partial charge in [0.05, 0.1) is 29.6 Å². The van der Waals surface area contributed by atoms with E-state index in [0.29, 0.717) is 40.5 Å². The van der Waals surface area contributed by atoms with Gasteiger partial charge in [-0.15, -0.1) is 0 Å². The van der Waals surface area contributed by atoms with Crippen molar-refractivity contribution in [2.45, 2.75) is 0 Å². The largest absolute Gasteiger partial charge is 0.465 e. The average Bonchev–Trinajstić information content (AvgIpc) is 3.48. The molecule has 0 spiro atoms. The zero-order valence-corrected chi connectivity index (χ0v) is 20.6. The summed E-state index contributed by atoms with van der Waals surface area (Å²) in [5.74, 6) is -0.551. The number of ether oxygens (including phenoxy) is 1.